The van der Waals surface area contributed by atoms with Crippen LogP contribution in [-0.4, -0.2) is 25.0 Å². The van der Waals surface area contributed by atoms with Crippen molar-refractivity contribution in [3.05, 3.63) is 0 Å². The number of nitrogens with zero attached hydrogens (tertiary/aromatic N) is 2. The van der Waals surface area contributed by atoms with Crippen LogP contribution in [0.3, 0.4) is 0 Å². The minimum atomic E-state index is -0.144. The van der Waals surface area contributed by atoms with Crippen molar-refractivity contribution in [2.24, 2.45) is 11.3 Å². The third kappa shape index (κ3) is 7.70. The zero-order valence-corrected chi connectivity index (χ0v) is 11.7. The molecule has 0 spiro atoms. The maximum atomic E-state index is 8.89. The summed E-state index contributed by atoms with van der Waals surface area (Å²) in [7, 11) is 2.20. The lowest BCUT2D eigenvalue weighted by molar-refractivity contribution is 0.271. The van der Waals surface area contributed by atoms with Crippen molar-refractivity contribution in [1.82, 2.24) is 4.90 Å². The molecule has 0 saturated heterocycles. The van der Waals surface area contributed by atoms with Crippen molar-refractivity contribution in [2.45, 2.75) is 53.4 Å². The van der Waals surface area contributed by atoms with Gasteiger partial charge in [-0.25, -0.2) is 0 Å². The molecule has 0 N–H and O–H groups in total. The smallest absolute Gasteiger partial charge is 0.0683 e. The van der Waals surface area contributed by atoms with Gasteiger partial charge in [-0.1, -0.05) is 26.7 Å². The van der Waals surface area contributed by atoms with E-state index in [0.717, 1.165) is 25.3 Å². The van der Waals surface area contributed by atoms with Gasteiger partial charge in [0.25, 0.3) is 0 Å². The van der Waals surface area contributed by atoms with Gasteiger partial charge >= 0.3 is 0 Å². The number of nitriles is 1. The molecule has 0 aromatic heterocycles. The zero-order valence-electron chi connectivity index (χ0n) is 11.7. The maximum Gasteiger partial charge on any atom is 0.0683 e. The van der Waals surface area contributed by atoms with Crippen LogP contribution in [0.25, 0.3) is 0 Å². The van der Waals surface area contributed by atoms with Crippen molar-refractivity contribution in [3.63, 3.8) is 0 Å². The zero-order chi connectivity index (χ0) is 12.6. The van der Waals surface area contributed by atoms with Crippen LogP contribution in [0.1, 0.15) is 53.4 Å². The van der Waals surface area contributed by atoms with Crippen molar-refractivity contribution in [2.75, 3.05) is 20.1 Å². The van der Waals surface area contributed by atoms with Gasteiger partial charge in [0.1, 0.15) is 0 Å². The van der Waals surface area contributed by atoms with Crippen LogP contribution in [0.15, 0.2) is 0 Å². The fourth-order valence-electron chi connectivity index (χ4n) is 1.76. The summed E-state index contributed by atoms with van der Waals surface area (Å²) < 4.78 is 0. The van der Waals surface area contributed by atoms with E-state index in [-0.39, 0.29) is 5.41 Å². The predicted octanol–water partition coefficient (Wildman–Crippen LogP) is 3.68. The summed E-state index contributed by atoms with van der Waals surface area (Å²) in [4.78, 5) is 2.41. The van der Waals surface area contributed by atoms with Gasteiger partial charge in [-0.2, -0.15) is 5.26 Å². The average molecular weight is 224 g/mol. The van der Waals surface area contributed by atoms with E-state index in [1.54, 1.807) is 0 Å². The number of unbranched alkanes of at least 4 members (excludes halogenated alkanes) is 1. The van der Waals surface area contributed by atoms with E-state index in [9.17, 15) is 0 Å². The SMILES string of the molecule is CCC(C)CN(C)CCCCC(C)(C)C#N. The molecule has 16 heavy (non-hydrogen) atoms. The second-order valence-electron chi connectivity index (χ2n) is 5.73. The van der Waals surface area contributed by atoms with E-state index < -0.39 is 0 Å². The molecule has 94 valence electrons. The van der Waals surface area contributed by atoms with Crippen LogP contribution in [-0.2, 0) is 0 Å². The lowest BCUT2D eigenvalue weighted by Crippen LogP contribution is -2.25. The largest absolute Gasteiger partial charge is 0.306 e. The summed E-state index contributed by atoms with van der Waals surface area (Å²) in [5.74, 6) is 0.792. The highest BCUT2D eigenvalue weighted by molar-refractivity contribution is 4.91. The van der Waals surface area contributed by atoms with E-state index in [4.69, 9.17) is 5.26 Å². The molecule has 2 heteroatoms. The van der Waals surface area contributed by atoms with Gasteiger partial charge in [0.2, 0.25) is 0 Å². The highest BCUT2D eigenvalue weighted by Crippen LogP contribution is 2.21. The molecule has 0 radical (unpaired) electrons. The third-order valence-electron chi connectivity index (χ3n) is 3.21. The van der Waals surface area contributed by atoms with E-state index in [1.807, 2.05) is 13.8 Å². The second-order valence-corrected chi connectivity index (χ2v) is 5.73. The standard InChI is InChI=1S/C14H28N2/c1-6-13(2)11-16(5)10-8-7-9-14(3,4)12-15/h13H,6-11H2,1-5H3. The summed E-state index contributed by atoms with van der Waals surface area (Å²) >= 11 is 0. The summed E-state index contributed by atoms with van der Waals surface area (Å²) in [6.07, 6.45) is 4.63. The number of hydrogen-bond acceptors (Lipinski definition) is 2. The van der Waals surface area contributed by atoms with Crippen LogP contribution in [0.4, 0.5) is 0 Å². The van der Waals surface area contributed by atoms with Crippen molar-refractivity contribution in [3.8, 4) is 6.07 Å². The van der Waals surface area contributed by atoms with Crippen LogP contribution in [0, 0.1) is 22.7 Å². The normalized spacial score (nSPS) is 13.8. The molecule has 2 nitrogen and oxygen atoms in total. The molecule has 0 aromatic carbocycles. The van der Waals surface area contributed by atoms with Gasteiger partial charge < -0.3 is 4.90 Å². The van der Waals surface area contributed by atoms with Gasteiger partial charge in [0.05, 0.1) is 11.5 Å². The van der Waals surface area contributed by atoms with E-state index in [1.165, 1.54) is 19.4 Å². The fraction of sp³-hybridized carbons (Fsp3) is 0.929. The molecule has 1 unspecified atom stereocenters. The number of hydrogen-bond donors (Lipinski definition) is 0. The molecule has 0 aliphatic rings. The van der Waals surface area contributed by atoms with Gasteiger partial charge in [-0.05, 0) is 46.2 Å². The highest BCUT2D eigenvalue weighted by atomic mass is 15.1. The lowest BCUT2D eigenvalue weighted by Gasteiger charge is -2.21. The fourth-order valence-corrected chi connectivity index (χ4v) is 1.76. The molecule has 0 amide bonds. The summed E-state index contributed by atoms with van der Waals surface area (Å²) in [5, 5.41) is 8.89. The Morgan fingerprint density at radius 2 is 1.94 bits per heavy atom. The molecule has 0 aliphatic heterocycles. The van der Waals surface area contributed by atoms with Crippen LogP contribution >= 0.6 is 0 Å². The third-order valence-corrected chi connectivity index (χ3v) is 3.21. The molecular weight excluding hydrogens is 196 g/mol. The summed E-state index contributed by atoms with van der Waals surface area (Å²) in [6.45, 7) is 10.9. The Labute approximate surface area is 102 Å². The van der Waals surface area contributed by atoms with Gasteiger partial charge in [0.15, 0.2) is 0 Å². The van der Waals surface area contributed by atoms with Crippen LogP contribution < -0.4 is 0 Å². The van der Waals surface area contributed by atoms with Gasteiger partial charge in [-0.3, -0.25) is 0 Å². The first-order valence-corrected chi connectivity index (χ1v) is 6.51. The Morgan fingerprint density at radius 1 is 1.31 bits per heavy atom. The van der Waals surface area contributed by atoms with Crippen molar-refractivity contribution >= 4 is 0 Å². The van der Waals surface area contributed by atoms with Gasteiger partial charge in [-0.15, -0.1) is 0 Å². The molecule has 0 bridgehead atoms. The van der Waals surface area contributed by atoms with Crippen LogP contribution in [0.2, 0.25) is 0 Å². The Hall–Kier alpha value is -0.550. The molecule has 0 aromatic rings. The highest BCUT2D eigenvalue weighted by Gasteiger charge is 2.15. The minimum Gasteiger partial charge on any atom is -0.306 e. The molecule has 0 aliphatic carbocycles. The molecule has 0 heterocycles. The first kappa shape index (κ1) is 15.4. The van der Waals surface area contributed by atoms with E-state index >= 15 is 0 Å². The topological polar surface area (TPSA) is 27.0 Å². The quantitative estimate of drug-likeness (QED) is 0.588. The van der Waals surface area contributed by atoms with Crippen molar-refractivity contribution in [1.29, 1.82) is 5.26 Å². The van der Waals surface area contributed by atoms with Gasteiger partial charge in [0, 0.05) is 6.54 Å². The molecule has 1 atom stereocenters. The van der Waals surface area contributed by atoms with Crippen molar-refractivity contribution < 1.29 is 0 Å². The summed E-state index contributed by atoms with van der Waals surface area (Å²) in [5.41, 5.74) is -0.144. The van der Waals surface area contributed by atoms with E-state index in [2.05, 4.69) is 31.9 Å². The lowest BCUT2D eigenvalue weighted by atomic mass is 9.89. The molecular formula is C14H28N2. The predicted molar refractivity (Wildman–Crippen MR) is 70.2 cm³/mol. The molecule has 0 fully saturated rings. The number of rotatable bonds is 8. The Morgan fingerprint density at radius 3 is 2.44 bits per heavy atom. The Balaban J connectivity index is 3.56. The monoisotopic (exact) mass is 224 g/mol. The van der Waals surface area contributed by atoms with E-state index in [0.29, 0.717) is 0 Å². The summed E-state index contributed by atoms with van der Waals surface area (Å²) in [6, 6.07) is 2.36. The molecule has 0 saturated carbocycles. The maximum absolute atomic E-state index is 8.89. The molecule has 0 rings (SSSR count). The first-order chi connectivity index (χ1) is 7.41. The minimum absolute atomic E-state index is 0.144. The second kappa shape index (κ2) is 7.68. The Kier molecular flexibility index (Phi) is 7.42. The van der Waals surface area contributed by atoms with Crippen LogP contribution in [0.5, 0.6) is 0 Å². The average Bonchev–Trinajstić information content (AvgIpc) is 2.24. The Bertz CT molecular complexity index is 215. The first-order valence-electron chi connectivity index (χ1n) is 6.51.